The molecule has 0 unspecified atom stereocenters. The minimum atomic E-state index is -0.360. The molecule has 0 aliphatic rings. The number of rotatable bonds is 6. The van der Waals surface area contributed by atoms with Crippen LogP contribution < -0.4 is 4.74 Å². The van der Waals surface area contributed by atoms with Crippen LogP contribution in [0.2, 0.25) is 15.1 Å². The van der Waals surface area contributed by atoms with Gasteiger partial charge in [0.1, 0.15) is 5.56 Å². The van der Waals surface area contributed by atoms with Gasteiger partial charge in [-0.25, -0.2) is 4.68 Å². The van der Waals surface area contributed by atoms with Gasteiger partial charge in [-0.05, 0) is 49.4 Å². The van der Waals surface area contributed by atoms with Crippen molar-refractivity contribution in [2.75, 3.05) is 6.61 Å². The van der Waals surface area contributed by atoms with E-state index in [1.54, 1.807) is 50.4 Å². The predicted molar refractivity (Wildman–Crippen MR) is 109 cm³/mol. The van der Waals surface area contributed by atoms with E-state index in [9.17, 15) is 9.59 Å². The molecule has 0 amide bonds. The highest BCUT2D eigenvalue weighted by Crippen LogP contribution is 2.29. The van der Waals surface area contributed by atoms with Crippen LogP contribution >= 0.6 is 34.8 Å². The fraction of sp³-hybridized carbons (Fsp3) is 0.150. The Bertz CT molecular complexity index is 1060. The van der Waals surface area contributed by atoms with Crippen molar-refractivity contribution < 1.29 is 14.3 Å². The van der Waals surface area contributed by atoms with E-state index < -0.39 is 0 Å². The van der Waals surface area contributed by atoms with Gasteiger partial charge in [0.15, 0.2) is 12.4 Å². The highest BCUT2D eigenvalue weighted by molar-refractivity contribution is 6.37. The molecule has 1 heterocycles. The van der Waals surface area contributed by atoms with Crippen molar-refractivity contribution in [3.8, 4) is 5.88 Å². The van der Waals surface area contributed by atoms with Gasteiger partial charge in [0, 0.05) is 28.2 Å². The molecule has 0 fully saturated rings. The third kappa shape index (κ3) is 4.22. The van der Waals surface area contributed by atoms with Gasteiger partial charge in [0.05, 0.1) is 10.7 Å². The lowest BCUT2D eigenvalue weighted by atomic mass is 10.0. The molecule has 0 atom stereocenters. The fourth-order valence-electron chi connectivity index (χ4n) is 2.73. The second-order valence-electron chi connectivity index (χ2n) is 6.06. The molecule has 5 nitrogen and oxygen atoms in total. The first-order valence-corrected chi connectivity index (χ1v) is 9.36. The van der Waals surface area contributed by atoms with Crippen molar-refractivity contribution in [3.63, 3.8) is 0 Å². The van der Waals surface area contributed by atoms with Crippen LogP contribution in [0, 0.1) is 6.92 Å². The maximum absolute atomic E-state index is 13.0. The number of ether oxygens (including phenoxy) is 1. The normalized spacial score (nSPS) is 10.8. The summed E-state index contributed by atoms with van der Waals surface area (Å²) in [5.74, 6) is -0.421. The number of Topliss-reactive ketones (excluding diaryl/α,β-unsaturated/α-hetero) is 1. The van der Waals surface area contributed by atoms with Gasteiger partial charge in [-0.1, -0.05) is 34.8 Å². The number of hydrogen-bond donors (Lipinski definition) is 0. The summed E-state index contributed by atoms with van der Waals surface area (Å²) in [4.78, 5) is 25.4. The molecule has 144 valence electrons. The molecule has 1 aromatic heterocycles. The Hall–Kier alpha value is -2.34. The maximum Gasteiger partial charge on any atom is 0.223 e. The third-order valence-corrected chi connectivity index (χ3v) is 4.88. The molecule has 0 radical (unpaired) electrons. The van der Waals surface area contributed by atoms with E-state index >= 15 is 0 Å². The summed E-state index contributed by atoms with van der Waals surface area (Å²) < 4.78 is 7.09. The molecule has 3 aromatic rings. The standard InChI is InChI=1S/C20H15Cl3N2O3/c1-11-18(19(27)15-8-7-14(22)9-16(15)23)20(25(2)24-11)28-10-17(26)12-3-5-13(21)6-4-12/h3-9H,10H2,1-2H3. The molecular formula is C20H15Cl3N2O3. The Morgan fingerprint density at radius 2 is 1.68 bits per heavy atom. The highest BCUT2D eigenvalue weighted by atomic mass is 35.5. The molecule has 8 heteroatoms. The van der Waals surface area contributed by atoms with Crippen molar-refractivity contribution in [1.29, 1.82) is 0 Å². The lowest BCUT2D eigenvalue weighted by molar-refractivity contribution is 0.0908. The zero-order valence-electron chi connectivity index (χ0n) is 15.0. The topological polar surface area (TPSA) is 61.2 Å². The monoisotopic (exact) mass is 436 g/mol. The number of ketones is 2. The molecule has 0 saturated carbocycles. The average molecular weight is 438 g/mol. The largest absolute Gasteiger partial charge is 0.469 e. The summed E-state index contributed by atoms with van der Waals surface area (Å²) in [6.07, 6.45) is 0. The molecule has 0 saturated heterocycles. The van der Waals surface area contributed by atoms with Crippen LogP contribution in [-0.2, 0) is 7.05 Å². The molecule has 3 rings (SSSR count). The highest BCUT2D eigenvalue weighted by Gasteiger charge is 2.25. The lowest BCUT2D eigenvalue weighted by Crippen LogP contribution is -2.15. The van der Waals surface area contributed by atoms with Crippen LogP contribution in [0.4, 0.5) is 0 Å². The molecule has 0 spiro atoms. The Balaban J connectivity index is 1.87. The van der Waals surface area contributed by atoms with Gasteiger partial charge in [-0.2, -0.15) is 5.10 Å². The van der Waals surface area contributed by atoms with Gasteiger partial charge in [0.25, 0.3) is 0 Å². The van der Waals surface area contributed by atoms with E-state index in [1.165, 1.54) is 10.7 Å². The van der Waals surface area contributed by atoms with Crippen molar-refractivity contribution in [2.24, 2.45) is 7.05 Å². The Morgan fingerprint density at radius 3 is 2.32 bits per heavy atom. The first-order chi connectivity index (χ1) is 13.3. The minimum Gasteiger partial charge on any atom is -0.469 e. The fourth-order valence-corrected chi connectivity index (χ4v) is 3.35. The molecular weight excluding hydrogens is 423 g/mol. The zero-order chi connectivity index (χ0) is 20.4. The van der Waals surface area contributed by atoms with Gasteiger partial charge in [-0.3, -0.25) is 9.59 Å². The minimum absolute atomic E-state index is 0.191. The van der Waals surface area contributed by atoms with Gasteiger partial charge >= 0.3 is 0 Å². The summed E-state index contributed by atoms with van der Waals surface area (Å²) in [7, 11) is 1.63. The van der Waals surface area contributed by atoms with Crippen LogP contribution in [0.1, 0.15) is 32.0 Å². The summed E-state index contributed by atoms with van der Waals surface area (Å²) in [5, 5.41) is 5.43. The van der Waals surface area contributed by atoms with E-state index in [0.717, 1.165) is 0 Å². The van der Waals surface area contributed by atoms with E-state index in [-0.39, 0.29) is 40.2 Å². The van der Waals surface area contributed by atoms with E-state index in [4.69, 9.17) is 39.5 Å². The van der Waals surface area contributed by atoms with E-state index in [2.05, 4.69) is 5.10 Å². The quantitative estimate of drug-likeness (QED) is 0.498. The Kier molecular flexibility index (Phi) is 6.08. The second-order valence-corrected chi connectivity index (χ2v) is 7.34. The van der Waals surface area contributed by atoms with Crippen molar-refractivity contribution in [3.05, 3.63) is 79.9 Å². The van der Waals surface area contributed by atoms with Crippen LogP contribution in [0.25, 0.3) is 0 Å². The van der Waals surface area contributed by atoms with Crippen LogP contribution in [0.5, 0.6) is 5.88 Å². The van der Waals surface area contributed by atoms with Gasteiger partial charge in [0.2, 0.25) is 11.7 Å². The lowest BCUT2D eigenvalue weighted by Gasteiger charge is -2.09. The number of halogens is 3. The maximum atomic E-state index is 13.0. The average Bonchev–Trinajstić information content (AvgIpc) is 2.93. The smallest absolute Gasteiger partial charge is 0.223 e. The van der Waals surface area contributed by atoms with Crippen LogP contribution in [-0.4, -0.2) is 28.0 Å². The molecule has 0 N–H and O–H groups in total. The number of benzene rings is 2. The van der Waals surface area contributed by atoms with Crippen LogP contribution in [0.3, 0.4) is 0 Å². The van der Waals surface area contributed by atoms with Crippen molar-refractivity contribution in [2.45, 2.75) is 6.92 Å². The van der Waals surface area contributed by atoms with Crippen molar-refractivity contribution in [1.82, 2.24) is 9.78 Å². The molecule has 0 bridgehead atoms. The number of carbonyl (C=O) groups is 2. The number of hydrogen-bond acceptors (Lipinski definition) is 4. The van der Waals surface area contributed by atoms with Crippen LogP contribution in [0.15, 0.2) is 42.5 Å². The summed E-state index contributed by atoms with van der Waals surface area (Å²) in [5.41, 5.74) is 1.44. The second kappa shape index (κ2) is 8.35. The summed E-state index contributed by atoms with van der Waals surface area (Å²) >= 11 is 17.9. The van der Waals surface area contributed by atoms with E-state index in [1.807, 2.05) is 0 Å². The number of aromatic nitrogens is 2. The van der Waals surface area contributed by atoms with Gasteiger partial charge < -0.3 is 4.74 Å². The van der Waals surface area contributed by atoms with E-state index in [0.29, 0.717) is 21.3 Å². The first-order valence-electron chi connectivity index (χ1n) is 8.23. The Morgan fingerprint density at radius 1 is 1.04 bits per heavy atom. The van der Waals surface area contributed by atoms with Crippen molar-refractivity contribution >= 4 is 46.4 Å². The predicted octanol–water partition coefficient (Wildman–Crippen LogP) is 5.18. The molecule has 0 aliphatic heterocycles. The Labute approximate surface area is 176 Å². The summed E-state index contributed by atoms with van der Waals surface area (Å²) in [6, 6.07) is 11.1. The SMILES string of the molecule is Cc1nn(C)c(OCC(=O)c2ccc(Cl)cc2)c1C(=O)c1ccc(Cl)cc1Cl. The number of carbonyl (C=O) groups excluding carboxylic acids is 2. The zero-order valence-corrected chi connectivity index (χ0v) is 17.3. The van der Waals surface area contributed by atoms with Gasteiger partial charge in [-0.15, -0.1) is 0 Å². The molecule has 28 heavy (non-hydrogen) atoms. The number of nitrogens with zero attached hydrogens (tertiary/aromatic N) is 2. The third-order valence-electron chi connectivity index (χ3n) is 4.08. The first kappa shape index (κ1) is 20.4. The molecule has 0 aliphatic carbocycles. The molecule has 2 aromatic carbocycles. The number of aryl methyl sites for hydroxylation is 2. The summed E-state index contributed by atoms with van der Waals surface area (Å²) in [6.45, 7) is 1.43.